The number of carbonyl (C=O) groups is 2. The van der Waals surface area contributed by atoms with Crippen molar-refractivity contribution in [2.45, 2.75) is 0 Å². The van der Waals surface area contributed by atoms with E-state index in [0.29, 0.717) is 5.76 Å². The van der Waals surface area contributed by atoms with Crippen molar-refractivity contribution in [3.05, 3.63) is 72.6 Å². The van der Waals surface area contributed by atoms with Crippen LogP contribution in [0.15, 0.2) is 72.6 Å². The first-order chi connectivity index (χ1) is 10.7. The number of hydrogen-bond donors (Lipinski definition) is 1. The van der Waals surface area contributed by atoms with Gasteiger partial charge in [-0.3, -0.25) is 0 Å². The van der Waals surface area contributed by atoms with Crippen LogP contribution in [-0.4, -0.2) is 17.0 Å². The maximum absolute atomic E-state index is 10.8. The first-order valence-electron chi connectivity index (χ1n) is 6.19. The number of hydrogen-bond acceptors (Lipinski definition) is 3. The van der Waals surface area contributed by atoms with Gasteiger partial charge in [0.1, 0.15) is 5.76 Å². The van der Waals surface area contributed by atoms with Gasteiger partial charge in [-0.25, -0.2) is 9.59 Å². The molecule has 1 aliphatic rings. The van der Waals surface area contributed by atoms with Crippen LogP contribution in [0.2, 0.25) is 0 Å². The summed E-state index contributed by atoms with van der Waals surface area (Å²) in [6.45, 7) is 0. The SMILES string of the molecule is O=C(O)/C=C/C#CC#C/C=C/C=C/C=C/C=C1/C=CC(=O)O1. The Bertz CT molecular complexity index is 721. The highest BCUT2D eigenvalue weighted by Gasteiger charge is 2.06. The second-order valence-electron chi connectivity index (χ2n) is 3.66. The summed E-state index contributed by atoms with van der Waals surface area (Å²) in [6, 6.07) is 0. The average molecular weight is 292 g/mol. The first-order valence-corrected chi connectivity index (χ1v) is 6.19. The van der Waals surface area contributed by atoms with Crippen LogP contribution in [-0.2, 0) is 14.3 Å². The van der Waals surface area contributed by atoms with Gasteiger partial charge in [0.25, 0.3) is 0 Å². The Hall–Kier alpha value is -3.50. The third-order valence-electron chi connectivity index (χ3n) is 2.00. The van der Waals surface area contributed by atoms with Crippen molar-refractivity contribution in [3.8, 4) is 23.7 Å². The lowest BCUT2D eigenvalue weighted by atomic mass is 10.3. The molecule has 0 saturated heterocycles. The number of rotatable bonds is 4. The van der Waals surface area contributed by atoms with Gasteiger partial charge >= 0.3 is 11.9 Å². The number of carbonyl (C=O) groups excluding carboxylic acids is 1. The van der Waals surface area contributed by atoms with Gasteiger partial charge in [0.2, 0.25) is 0 Å². The monoisotopic (exact) mass is 292 g/mol. The first kappa shape index (κ1) is 16.6. The highest BCUT2D eigenvalue weighted by atomic mass is 16.5. The predicted molar refractivity (Wildman–Crippen MR) is 83.1 cm³/mol. The van der Waals surface area contributed by atoms with E-state index in [1.807, 2.05) is 0 Å². The molecule has 0 aromatic heterocycles. The van der Waals surface area contributed by atoms with Crippen LogP contribution in [0.5, 0.6) is 0 Å². The highest BCUT2D eigenvalue weighted by molar-refractivity contribution is 5.86. The van der Waals surface area contributed by atoms with Crippen LogP contribution >= 0.6 is 0 Å². The summed E-state index contributed by atoms with van der Waals surface area (Å²) in [5.41, 5.74) is 0. The van der Waals surface area contributed by atoms with Crippen LogP contribution in [0.1, 0.15) is 0 Å². The molecular formula is C18H12O4. The second kappa shape index (κ2) is 10.3. The van der Waals surface area contributed by atoms with E-state index in [1.165, 1.54) is 12.2 Å². The summed E-state index contributed by atoms with van der Waals surface area (Å²) >= 11 is 0. The molecule has 4 nitrogen and oxygen atoms in total. The summed E-state index contributed by atoms with van der Waals surface area (Å²) in [6.07, 6.45) is 17.2. The van der Waals surface area contributed by atoms with E-state index >= 15 is 0 Å². The summed E-state index contributed by atoms with van der Waals surface area (Å²) in [5, 5.41) is 8.30. The molecule has 0 bridgehead atoms. The number of cyclic esters (lactones) is 1. The van der Waals surface area contributed by atoms with E-state index in [-0.39, 0.29) is 5.97 Å². The van der Waals surface area contributed by atoms with Gasteiger partial charge < -0.3 is 9.84 Å². The largest absolute Gasteiger partial charge is 0.478 e. The lowest BCUT2D eigenvalue weighted by Crippen LogP contribution is -1.89. The molecule has 4 heteroatoms. The molecule has 0 aliphatic carbocycles. The van der Waals surface area contributed by atoms with Crippen LogP contribution in [0.3, 0.4) is 0 Å². The van der Waals surface area contributed by atoms with Crippen molar-refractivity contribution >= 4 is 11.9 Å². The molecule has 0 amide bonds. The van der Waals surface area contributed by atoms with Gasteiger partial charge in [-0.15, -0.1) is 0 Å². The summed E-state index contributed by atoms with van der Waals surface area (Å²) < 4.78 is 4.83. The Labute approximate surface area is 128 Å². The Morgan fingerprint density at radius 3 is 2.36 bits per heavy atom. The van der Waals surface area contributed by atoms with Crippen LogP contribution < -0.4 is 0 Å². The molecule has 0 saturated carbocycles. The Morgan fingerprint density at radius 1 is 1.00 bits per heavy atom. The lowest BCUT2D eigenvalue weighted by molar-refractivity contribution is -0.132. The molecule has 1 N–H and O–H groups in total. The normalized spacial score (nSPS) is 15.5. The number of ether oxygens (including phenoxy) is 1. The molecule has 1 heterocycles. The molecule has 0 spiro atoms. The van der Waals surface area contributed by atoms with E-state index in [0.717, 1.165) is 6.08 Å². The molecular weight excluding hydrogens is 280 g/mol. The van der Waals surface area contributed by atoms with Crippen LogP contribution in [0, 0.1) is 23.7 Å². The third-order valence-corrected chi connectivity index (χ3v) is 2.00. The fourth-order valence-corrected chi connectivity index (χ4v) is 1.14. The minimum Gasteiger partial charge on any atom is -0.478 e. The number of allylic oxidation sites excluding steroid dienone is 9. The van der Waals surface area contributed by atoms with E-state index in [9.17, 15) is 9.59 Å². The molecule has 108 valence electrons. The maximum atomic E-state index is 10.8. The third kappa shape index (κ3) is 8.58. The van der Waals surface area contributed by atoms with Crippen molar-refractivity contribution in [1.82, 2.24) is 0 Å². The van der Waals surface area contributed by atoms with Crippen molar-refractivity contribution in [2.75, 3.05) is 0 Å². The molecule has 1 rings (SSSR count). The van der Waals surface area contributed by atoms with Gasteiger partial charge in [-0.05, 0) is 36.1 Å². The molecule has 0 aromatic rings. The van der Waals surface area contributed by atoms with Gasteiger partial charge in [0.05, 0.1) is 0 Å². The Balaban J connectivity index is 2.30. The maximum Gasteiger partial charge on any atom is 0.336 e. The smallest absolute Gasteiger partial charge is 0.336 e. The molecule has 0 atom stereocenters. The number of carboxylic acids is 1. The molecule has 22 heavy (non-hydrogen) atoms. The van der Waals surface area contributed by atoms with E-state index < -0.39 is 5.97 Å². The van der Waals surface area contributed by atoms with E-state index in [2.05, 4.69) is 23.7 Å². The molecule has 0 radical (unpaired) electrons. The zero-order chi connectivity index (χ0) is 16.0. The number of carboxylic acid groups (broad SMARTS) is 1. The highest BCUT2D eigenvalue weighted by Crippen LogP contribution is 2.08. The summed E-state index contributed by atoms with van der Waals surface area (Å²) in [7, 11) is 0. The summed E-state index contributed by atoms with van der Waals surface area (Å²) in [5.74, 6) is 9.27. The second-order valence-corrected chi connectivity index (χ2v) is 3.66. The minimum atomic E-state index is -1.04. The van der Waals surface area contributed by atoms with Crippen LogP contribution in [0.25, 0.3) is 0 Å². The van der Waals surface area contributed by atoms with E-state index in [1.54, 1.807) is 48.6 Å². The van der Waals surface area contributed by atoms with Gasteiger partial charge in [0, 0.05) is 12.2 Å². The van der Waals surface area contributed by atoms with Gasteiger partial charge in [-0.2, -0.15) is 0 Å². The average Bonchev–Trinajstić information content (AvgIpc) is 2.89. The van der Waals surface area contributed by atoms with E-state index in [4.69, 9.17) is 9.84 Å². The van der Waals surface area contributed by atoms with Crippen molar-refractivity contribution in [1.29, 1.82) is 0 Å². The fraction of sp³-hybridized carbons (Fsp3) is 0. The number of aliphatic carboxylic acids is 1. The topological polar surface area (TPSA) is 63.6 Å². The fourth-order valence-electron chi connectivity index (χ4n) is 1.14. The van der Waals surface area contributed by atoms with Crippen molar-refractivity contribution < 1.29 is 19.4 Å². The molecule has 0 aromatic carbocycles. The molecule has 0 fully saturated rings. The molecule has 1 aliphatic heterocycles. The molecule has 0 unspecified atom stereocenters. The lowest BCUT2D eigenvalue weighted by Gasteiger charge is -1.90. The van der Waals surface area contributed by atoms with Gasteiger partial charge in [-0.1, -0.05) is 42.2 Å². The quantitative estimate of drug-likeness (QED) is 0.374. The van der Waals surface area contributed by atoms with Crippen molar-refractivity contribution in [3.63, 3.8) is 0 Å². The zero-order valence-electron chi connectivity index (χ0n) is 11.5. The van der Waals surface area contributed by atoms with Crippen molar-refractivity contribution in [2.24, 2.45) is 0 Å². The summed E-state index contributed by atoms with van der Waals surface area (Å²) in [4.78, 5) is 20.9. The van der Waals surface area contributed by atoms with Crippen LogP contribution in [0.4, 0.5) is 0 Å². The number of esters is 1. The Kier molecular flexibility index (Phi) is 7.76. The predicted octanol–water partition coefficient (Wildman–Crippen LogP) is 2.30. The Morgan fingerprint density at radius 2 is 1.68 bits per heavy atom. The zero-order valence-corrected chi connectivity index (χ0v) is 11.5. The van der Waals surface area contributed by atoms with Gasteiger partial charge in [0.15, 0.2) is 0 Å². The standard InChI is InChI=1S/C18H12O4/c19-17(20)13-11-9-7-5-3-1-2-4-6-8-10-12-16-14-15-18(21)22-16/h1-2,4,6,8,10-15H,(H,19,20)/b2-1+,6-4+,10-8+,13-11+,16-12-. The minimum absolute atomic E-state index is 0.363.